The Hall–Kier alpha value is -2.82. The van der Waals surface area contributed by atoms with Gasteiger partial charge in [-0.3, -0.25) is 0 Å². The maximum atomic E-state index is 13.0. The van der Waals surface area contributed by atoms with E-state index in [1.807, 2.05) is 0 Å². The molecule has 0 bridgehead atoms. The minimum Gasteiger partial charge on any atom is -0.423 e. The van der Waals surface area contributed by atoms with Gasteiger partial charge in [-0.05, 0) is 35.0 Å². The Morgan fingerprint density at radius 2 is 1.52 bits per heavy atom. The van der Waals surface area contributed by atoms with Crippen molar-refractivity contribution in [1.29, 1.82) is 0 Å². The summed E-state index contributed by atoms with van der Waals surface area (Å²) in [5, 5.41) is 0.753. The number of carbonyl (C=O) groups is 1. The normalized spacial score (nSPS) is 11.4. The van der Waals surface area contributed by atoms with Crippen molar-refractivity contribution >= 4 is 16.7 Å². The van der Waals surface area contributed by atoms with Gasteiger partial charge in [-0.15, -0.1) is 0 Å². The van der Waals surface area contributed by atoms with Gasteiger partial charge in [0.05, 0.1) is 11.1 Å². The quantitative estimate of drug-likeness (QED) is 0.487. The smallest absolute Gasteiger partial charge is 0.416 e. The first-order chi connectivity index (χ1) is 10.9. The van der Waals surface area contributed by atoms with Crippen molar-refractivity contribution in [1.82, 2.24) is 0 Å². The van der Waals surface area contributed by atoms with Crippen LogP contribution in [0.1, 0.15) is 15.9 Å². The number of hydrogen-bond acceptors (Lipinski definition) is 2. The van der Waals surface area contributed by atoms with Crippen molar-refractivity contribution in [2.45, 2.75) is 6.18 Å². The lowest BCUT2D eigenvalue weighted by Crippen LogP contribution is -2.12. The largest absolute Gasteiger partial charge is 0.423 e. The number of fused-ring (bicyclic) bond motifs is 1. The van der Waals surface area contributed by atoms with Crippen LogP contribution in [0.4, 0.5) is 13.2 Å². The second-order valence-electron chi connectivity index (χ2n) is 4.95. The van der Waals surface area contributed by atoms with Gasteiger partial charge in [0.25, 0.3) is 0 Å². The monoisotopic (exact) mass is 316 g/mol. The van der Waals surface area contributed by atoms with Gasteiger partial charge in [0.15, 0.2) is 0 Å². The molecule has 0 amide bonds. The molecule has 0 N–H and O–H groups in total. The zero-order valence-electron chi connectivity index (χ0n) is 11.8. The van der Waals surface area contributed by atoms with Gasteiger partial charge in [-0.2, -0.15) is 13.2 Å². The second kappa shape index (κ2) is 5.76. The number of rotatable bonds is 2. The minimum atomic E-state index is -4.54. The van der Waals surface area contributed by atoms with Gasteiger partial charge < -0.3 is 4.74 Å². The molecule has 0 heterocycles. The first-order valence-corrected chi connectivity index (χ1v) is 6.82. The molecule has 0 radical (unpaired) electrons. The molecule has 3 rings (SSSR count). The van der Waals surface area contributed by atoms with Crippen LogP contribution < -0.4 is 4.74 Å². The molecule has 23 heavy (non-hydrogen) atoms. The number of alkyl halides is 3. The van der Waals surface area contributed by atoms with E-state index in [1.165, 1.54) is 6.07 Å². The van der Waals surface area contributed by atoms with E-state index < -0.39 is 17.7 Å². The number of esters is 1. The number of para-hydroxylation sites is 1. The van der Waals surface area contributed by atoms with Gasteiger partial charge in [0, 0.05) is 0 Å². The van der Waals surface area contributed by atoms with Crippen LogP contribution in [0.3, 0.4) is 0 Å². The Balaban J connectivity index is 2.09. The molecule has 0 saturated carbocycles. The first-order valence-electron chi connectivity index (χ1n) is 6.82. The van der Waals surface area contributed by atoms with E-state index in [4.69, 9.17) is 4.74 Å². The highest BCUT2D eigenvalue weighted by Gasteiger charge is 2.32. The lowest BCUT2D eigenvalue weighted by Gasteiger charge is -2.12. The zero-order chi connectivity index (χ0) is 16.4. The van der Waals surface area contributed by atoms with Crippen LogP contribution in [0.15, 0.2) is 66.7 Å². The third-order valence-electron chi connectivity index (χ3n) is 3.36. The third kappa shape index (κ3) is 3.18. The summed E-state index contributed by atoms with van der Waals surface area (Å²) >= 11 is 0. The summed E-state index contributed by atoms with van der Waals surface area (Å²) in [5.41, 5.74) is -0.990. The molecule has 0 aliphatic rings. The Labute approximate surface area is 130 Å². The molecule has 0 atom stereocenters. The lowest BCUT2D eigenvalue weighted by molar-refractivity contribution is -0.137. The van der Waals surface area contributed by atoms with E-state index in [1.54, 1.807) is 48.5 Å². The average molecular weight is 316 g/mol. The first kappa shape index (κ1) is 15.1. The van der Waals surface area contributed by atoms with E-state index >= 15 is 0 Å². The molecule has 0 aliphatic carbocycles. The number of carbonyl (C=O) groups excluding carboxylic acids is 1. The number of ether oxygens (including phenoxy) is 1. The van der Waals surface area contributed by atoms with Crippen LogP contribution in [0.2, 0.25) is 0 Å². The van der Waals surface area contributed by atoms with Crippen molar-refractivity contribution < 1.29 is 22.7 Å². The molecule has 0 unspecified atom stereocenters. The lowest BCUT2D eigenvalue weighted by atomic mass is 10.0. The number of halogens is 3. The Bertz CT molecular complexity index is 855. The zero-order valence-corrected chi connectivity index (χ0v) is 11.8. The van der Waals surface area contributed by atoms with Crippen LogP contribution in [0.25, 0.3) is 10.8 Å². The van der Waals surface area contributed by atoms with Gasteiger partial charge >= 0.3 is 12.1 Å². The molecular formula is C18H11F3O2. The summed E-state index contributed by atoms with van der Waals surface area (Å²) in [6.45, 7) is 0. The van der Waals surface area contributed by atoms with Crippen molar-refractivity contribution in [2.75, 3.05) is 0 Å². The summed E-state index contributed by atoms with van der Waals surface area (Å²) < 4.78 is 44.3. The predicted molar refractivity (Wildman–Crippen MR) is 80.4 cm³/mol. The molecule has 0 spiro atoms. The SMILES string of the molecule is O=C(Oc1ccccc1)c1cc(C(F)(F)F)cc2ccccc12. The summed E-state index contributed by atoms with van der Waals surface area (Å²) in [5.74, 6) is -0.544. The highest BCUT2D eigenvalue weighted by atomic mass is 19.4. The number of hydrogen-bond donors (Lipinski definition) is 0. The Morgan fingerprint density at radius 3 is 2.22 bits per heavy atom. The maximum absolute atomic E-state index is 13.0. The third-order valence-corrected chi connectivity index (χ3v) is 3.36. The molecule has 0 aliphatic heterocycles. The van der Waals surface area contributed by atoms with Crippen molar-refractivity contribution in [2.24, 2.45) is 0 Å². The summed E-state index contributed by atoms with van der Waals surface area (Å²) in [4.78, 5) is 12.3. The van der Waals surface area contributed by atoms with Gasteiger partial charge in [-0.1, -0.05) is 42.5 Å². The van der Waals surface area contributed by atoms with E-state index in [0.29, 0.717) is 10.8 Å². The Morgan fingerprint density at radius 1 is 0.870 bits per heavy atom. The van der Waals surface area contributed by atoms with Crippen LogP contribution >= 0.6 is 0 Å². The van der Waals surface area contributed by atoms with Gasteiger partial charge in [-0.25, -0.2) is 4.79 Å². The van der Waals surface area contributed by atoms with Gasteiger partial charge in [0.1, 0.15) is 5.75 Å². The fourth-order valence-electron chi connectivity index (χ4n) is 2.29. The standard InChI is InChI=1S/C18H11F3O2/c19-18(20,21)13-10-12-6-4-5-9-15(12)16(11-13)17(22)23-14-7-2-1-3-8-14/h1-11H. The maximum Gasteiger partial charge on any atom is 0.416 e. The minimum absolute atomic E-state index is 0.112. The van der Waals surface area contributed by atoms with E-state index in [9.17, 15) is 18.0 Å². The van der Waals surface area contributed by atoms with E-state index in [-0.39, 0.29) is 11.3 Å². The van der Waals surface area contributed by atoms with Crippen LogP contribution in [0.5, 0.6) is 5.75 Å². The fraction of sp³-hybridized carbons (Fsp3) is 0.0556. The molecule has 0 saturated heterocycles. The summed E-state index contributed by atoms with van der Waals surface area (Å²) in [7, 11) is 0. The van der Waals surface area contributed by atoms with E-state index in [2.05, 4.69) is 0 Å². The molecule has 3 aromatic rings. The van der Waals surface area contributed by atoms with Crippen LogP contribution in [0, 0.1) is 0 Å². The topological polar surface area (TPSA) is 26.3 Å². The molecule has 0 aromatic heterocycles. The average Bonchev–Trinajstić information content (AvgIpc) is 2.54. The molecular weight excluding hydrogens is 305 g/mol. The number of benzene rings is 3. The van der Waals surface area contributed by atoms with Crippen LogP contribution in [-0.4, -0.2) is 5.97 Å². The highest BCUT2D eigenvalue weighted by Crippen LogP contribution is 2.33. The summed E-state index contributed by atoms with van der Waals surface area (Å²) in [6.07, 6.45) is -4.54. The molecule has 0 fully saturated rings. The van der Waals surface area contributed by atoms with Crippen molar-refractivity contribution in [3.8, 4) is 5.75 Å². The van der Waals surface area contributed by atoms with Crippen molar-refractivity contribution in [3.63, 3.8) is 0 Å². The molecule has 2 nitrogen and oxygen atoms in total. The van der Waals surface area contributed by atoms with Crippen LogP contribution in [-0.2, 0) is 6.18 Å². The fourth-order valence-corrected chi connectivity index (χ4v) is 2.29. The summed E-state index contributed by atoms with van der Waals surface area (Å²) in [6, 6.07) is 16.5. The second-order valence-corrected chi connectivity index (χ2v) is 4.95. The predicted octanol–water partition coefficient (Wildman–Crippen LogP) is 5.08. The molecule has 5 heteroatoms. The Kier molecular flexibility index (Phi) is 3.78. The van der Waals surface area contributed by atoms with Gasteiger partial charge in [0.2, 0.25) is 0 Å². The molecule has 3 aromatic carbocycles. The molecule has 116 valence electrons. The van der Waals surface area contributed by atoms with E-state index in [0.717, 1.165) is 12.1 Å². The van der Waals surface area contributed by atoms with Crippen molar-refractivity contribution in [3.05, 3.63) is 77.9 Å². The highest BCUT2D eigenvalue weighted by molar-refractivity contribution is 6.05.